The minimum atomic E-state index is -3.84. The molecule has 0 fully saturated rings. The Morgan fingerprint density at radius 1 is 1.22 bits per heavy atom. The number of ether oxygens (including phenoxy) is 1. The summed E-state index contributed by atoms with van der Waals surface area (Å²) in [6.07, 6.45) is 0.955. The molecule has 0 aliphatic rings. The van der Waals surface area contributed by atoms with E-state index in [4.69, 9.17) is 18.3 Å². The van der Waals surface area contributed by atoms with Crippen molar-refractivity contribution in [1.82, 2.24) is 15.1 Å². The number of carbonyl (C=O) groups is 1. The summed E-state index contributed by atoms with van der Waals surface area (Å²) in [5.74, 6) is 0. The number of carbonyl (C=O) groups excluding carboxylic acids is 1. The summed E-state index contributed by atoms with van der Waals surface area (Å²) in [7, 11) is -3.84. The number of nitrogens with one attached hydrogen (secondary N) is 1. The maximum atomic E-state index is 12.9. The number of rotatable bonds is 9. The molecular weight excluding hydrogens is 455 g/mol. The Balaban J connectivity index is 1.84. The van der Waals surface area contributed by atoms with Crippen LogP contribution in [0.4, 0.5) is 10.5 Å². The van der Waals surface area contributed by atoms with Crippen LogP contribution in [0.25, 0.3) is 10.9 Å². The van der Waals surface area contributed by atoms with Crippen LogP contribution in [0, 0.1) is 0 Å². The third-order valence-corrected chi connectivity index (χ3v) is 5.64. The first-order valence-electron chi connectivity index (χ1n) is 9.90. The zero-order valence-electron chi connectivity index (χ0n) is 19.1. The predicted molar refractivity (Wildman–Crippen MR) is 124 cm³/mol. The molecule has 0 bridgehead atoms. The van der Waals surface area contributed by atoms with Crippen LogP contribution in [0.15, 0.2) is 29.4 Å². The zero-order valence-corrected chi connectivity index (χ0v) is 20.8. The normalized spacial score (nSPS) is 12.4. The van der Waals surface area contributed by atoms with Crippen molar-refractivity contribution in [2.24, 2.45) is 4.99 Å². The van der Waals surface area contributed by atoms with E-state index in [1.807, 2.05) is 0 Å². The van der Waals surface area contributed by atoms with Crippen molar-refractivity contribution in [2.45, 2.75) is 59.5 Å². The van der Waals surface area contributed by atoms with Gasteiger partial charge in [-0.15, -0.1) is 0 Å². The van der Waals surface area contributed by atoms with Gasteiger partial charge in [-0.25, -0.2) is 14.0 Å². The second-order valence-electron chi connectivity index (χ2n) is 8.77. The van der Waals surface area contributed by atoms with Crippen molar-refractivity contribution < 1.29 is 27.7 Å². The van der Waals surface area contributed by atoms with Gasteiger partial charge in [-0.2, -0.15) is 10.1 Å². The van der Waals surface area contributed by atoms with E-state index in [-0.39, 0.29) is 19.9 Å². The van der Waals surface area contributed by atoms with E-state index >= 15 is 0 Å². The number of aromatic nitrogens is 2. The van der Waals surface area contributed by atoms with Crippen LogP contribution in [-0.4, -0.2) is 45.4 Å². The number of amides is 1. The number of phosphoric acid groups is 1. The zero-order chi connectivity index (χ0) is 24.0. The fraction of sp³-hybridized carbons (Fsp3) is 0.550. The Morgan fingerprint density at radius 3 is 2.47 bits per heavy atom. The highest BCUT2D eigenvalue weighted by molar-refractivity contribution is 7.78. The SMILES string of the molecule is CC(C)(C)OP(=O)(OCCNC(=O)OCn1ncc2cc(N=C=S)ccc21)OC(C)(C)C. The largest absolute Gasteiger partial charge is 0.475 e. The molecule has 1 heterocycles. The van der Waals surface area contributed by atoms with E-state index < -0.39 is 25.1 Å². The number of isothiocyanates is 1. The lowest BCUT2D eigenvalue weighted by Crippen LogP contribution is -2.30. The molecule has 0 radical (unpaired) electrons. The summed E-state index contributed by atoms with van der Waals surface area (Å²) in [6.45, 7) is 10.3. The smallest absolute Gasteiger partial charge is 0.426 e. The van der Waals surface area contributed by atoms with Gasteiger partial charge in [0.25, 0.3) is 0 Å². The topological polar surface area (TPSA) is 113 Å². The molecule has 0 atom stereocenters. The van der Waals surface area contributed by atoms with E-state index in [1.165, 1.54) is 4.68 Å². The Morgan fingerprint density at radius 2 is 1.88 bits per heavy atom. The lowest BCUT2D eigenvalue weighted by molar-refractivity contribution is 0.00349. The minimum Gasteiger partial charge on any atom is -0.426 e. The minimum absolute atomic E-state index is 0.0443. The Labute approximate surface area is 192 Å². The molecule has 1 amide bonds. The molecule has 0 saturated carbocycles. The Kier molecular flexibility index (Phi) is 8.70. The molecular formula is C20H29N4O6PS. The quantitative estimate of drug-likeness (QED) is 0.223. The van der Waals surface area contributed by atoms with Gasteiger partial charge < -0.3 is 10.1 Å². The molecule has 1 N–H and O–H groups in total. The van der Waals surface area contributed by atoms with Crippen LogP contribution in [0.2, 0.25) is 0 Å². The van der Waals surface area contributed by atoms with Crippen molar-refractivity contribution in [3.63, 3.8) is 0 Å². The number of fused-ring (bicyclic) bond motifs is 1. The molecule has 2 rings (SSSR count). The highest BCUT2D eigenvalue weighted by Gasteiger charge is 2.37. The summed E-state index contributed by atoms with van der Waals surface area (Å²) in [5.41, 5.74) is -0.0507. The average Bonchev–Trinajstić information content (AvgIpc) is 3.03. The standard InChI is InChI=1S/C20H29N4O6PS/c1-19(2,3)29-31(26,30-20(4,5)6)28-10-9-21-18(25)27-14-24-17-8-7-16(22-13-32)11-15(17)12-23-24/h7-8,11-12H,9-10,14H2,1-6H3,(H,21,25). The third-order valence-electron chi connectivity index (χ3n) is 3.51. The Hall–Kier alpha value is -2.13. The van der Waals surface area contributed by atoms with E-state index in [2.05, 4.69) is 32.8 Å². The van der Waals surface area contributed by atoms with E-state index in [1.54, 1.807) is 65.9 Å². The second kappa shape index (κ2) is 10.7. The number of nitrogens with zero attached hydrogens (tertiary/aromatic N) is 3. The highest BCUT2D eigenvalue weighted by atomic mass is 32.1. The molecule has 2 aromatic rings. The van der Waals surface area contributed by atoms with Crippen LogP contribution in [0.5, 0.6) is 0 Å². The summed E-state index contributed by atoms with van der Waals surface area (Å²) >= 11 is 4.60. The third kappa shape index (κ3) is 8.78. The van der Waals surface area contributed by atoms with Gasteiger partial charge in [-0.3, -0.25) is 13.6 Å². The summed E-state index contributed by atoms with van der Waals surface area (Å²) in [4.78, 5) is 15.9. The fourth-order valence-corrected chi connectivity index (χ4v) is 4.43. The first-order valence-corrected chi connectivity index (χ1v) is 11.8. The molecule has 0 aliphatic carbocycles. The number of hydrogen-bond donors (Lipinski definition) is 1. The van der Waals surface area contributed by atoms with Gasteiger partial charge in [0.15, 0.2) is 6.73 Å². The number of benzene rings is 1. The molecule has 32 heavy (non-hydrogen) atoms. The van der Waals surface area contributed by atoms with Gasteiger partial charge in [-0.1, -0.05) is 0 Å². The van der Waals surface area contributed by atoms with Gasteiger partial charge in [0, 0.05) is 11.9 Å². The van der Waals surface area contributed by atoms with Crippen molar-refractivity contribution in [3.05, 3.63) is 24.4 Å². The summed E-state index contributed by atoms with van der Waals surface area (Å²) < 4.78 is 36.0. The summed E-state index contributed by atoms with van der Waals surface area (Å²) in [5, 5.41) is 9.85. The van der Waals surface area contributed by atoms with Crippen molar-refractivity contribution in [2.75, 3.05) is 13.2 Å². The lowest BCUT2D eigenvalue weighted by atomic mass is 10.2. The first-order chi connectivity index (χ1) is 14.8. The molecule has 1 aromatic heterocycles. The monoisotopic (exact) mass is 484 g/mol. The van der Waals surface area contributed by atoms with Gasteiger partial charge >= 0.3 is 13.9 Å². The van der Waals surface area contributed by atoms with Crippen molar-refractivity contribution in [1.29, 1.82) is 0 Å². The van der Waals surface area contributed by atoms with Crippen LogP contribution < -0.4 is 5.32 Å². The van der Waals surface area contributed by atoms with Crippen LogP contribution >= 0.6 is 20.0 Å². The molecule has 1 aromatic carbocycles. The molecule has 0 spiro atoms. The molecule has 0 saturated heterocycles. The molecule has 10 nitrogen and oxygen atoms in total. The van der Waals surface area contributed by atoms with Gasteiger partial charge in [0.05, 0.1) is 40.4 Å². The molecule has 0 unspecified atom stereocenters. The highest BCUT2D eigenvalue weighted by Crippen LogP contribution is 2.55. The molecule has 12 heteroatoms. The van der Waals surface area contributed by atoms with Crippen LogP contribution in [0.1, 0.15) is 41.5 Å². The average molecular weight is 485 g/mol. The number of hydrogen-bond acceptors (Lipinski definition) is 9. The number of aliphatic imine (C=N–C) groups is 1. The predicted octanol–water partition coefficient (Wildman–Crippen LogP) is 5.21. The van der Waals surface area contributed by atoms with Gasteiger partial charge in [-0.05, 0) is 72.0 Å². The second-order valence-corrected chi connectivity index (χ2v) is 10.5. The number of phosphoric ester groups is 1. The number of thiocarbonyl (C=S) groups is 1. The number of alkyl carbamates (subject to hydrolysis) is 1. The van der Waals surface area contributed by atoms with Crippen molar-refractivity contribution >= 4 is 47.9 Å². The van der Waals surface area contributed by atoms with Crippen LogP contribution in [0.3, 0.4) is 0 Å². The maximum absolute atomic E-state index is 12.9. The fourth-order valence-electron chi connectivity index (χ4n) is 2.52. The van der Waals surface area contributed by atoms with Gasteiger partial charge in [0.1, 0.15) is 0 Å². The van der Waals surface area contributed by atoms with Gasteiger partial charge in [0.2, 0.25) is 0 Å². The maximum Gasteiger partial charge on any atom is 0.475 e. The van der Waals surface area contributed by atoms with Crippen LogP contribution in [-0.2, 0) is 29.6 Å². The van der Waals surface area contributed by atoms with Crippen molar-refractivity contribution in [3.8, 4) is 0 Å². The van der Waals surface area contributed by atoms with E-state index in [9.17, 15) is 9.36 Å². The van der Waals surface area contributed by atoms with E-state index in [0.29, 0.717) is 5.69 Å². The molecule has 0 aliphatic heterocycles. The lowest BCUT2D eigenvalue weighted by Gasteiger charge is -2.30. The summed E-state index contributed by atoms with van der Waals surface area (Å²) in [6, 6.07) is 5.35. The Bertz CT molecular complexity index is 1020. The van der Waals surface area contributed by atoms with E-state index in [0.717, 1.165) is 10.9 Å². The molecule has 176 valence electrons. The first kappa shape index (κ1) is 26.1.